The molecule has 2 aliphatic heterocycles. The first-order valence-electron chi connectivity index (χ1n) is 19.8. The number of likely N-dealkylation sites (tertiary alicyclic amines) is 1. The van der Waals surface area contributed by atoms with Gasteiger partial charge in [-0.2, -0.15) is 0 Å². The number of hydrogen-bond acceptors (Lipinski definition) is 6. The van der Waals surface area contributed by atoms with Crippen molar-refractivity contribution in [3.8, 4) is 0 Å². The van der Waals surface area contributed by atoms with E-state index in [-0.39, 0.29) is 46.4 Å². The van der Waals surface area contributed by atoms with E-state index in [9.17, 15) is 10.2 Å². The molecule has 4 aliphatic rings. The first kappa shape index (κ1) is 39.0. The molecule has 2 spiro atoms. The number of fused-ring (bicyclic) bond motifs is 3. The maximum Gasteiger partial charge on any atom is 0.238 e. The normalized spacial score (nSPS) is 27.8. The van der Waals surface area contributed by atoms with Crippen LogP contribution in [-0.2, 0) is 15.0 Å². The van der Waals surface area contributed by atoms with E-state index in [1.807, 2.05) is 42.5 Å². The maximum atomic E-state index is 17.1. The van der Waals surface area contributed by atoms with Gasteiger partial charge in [-0.1, -0.05) is 104 Å². The average Bonchev–Trinajstić information content (AvgIpc) is 3.64. The number of nitrogens with zero attached hydrogens (tertiary/aromatic N) is 2. The van der Waals surface area contributed by atoms with Gasteiger partial charge in [0.25, 0.3) is 0 Å². The van der Waals surface area contributed by atoms with Crippen LogP contribution in [0.15, 0.2) is 91.1 Å². The summed E-state index contributed by atoms with van der Waals surface area (Å²) in [5.41, 5.74) is -0.868. The number of hydrogen-bond donors (Lipinski definition) is 4. The molecule has 1 unspecified atom stereocenters. The van der Waals surface area contributed by atoms with Crippen molar-refractivity contribution >= 4 is 40.8 Å². The van der Waals surface area contributed by atoms with Crippen molar-refractivity contribution < 1.29 is 24.2 Å². The largest absolute Gasteiger partial charge is 0.396 e. The van der Waals surface area contributed by atoms with E-state index in [4.69, 9.17) is 23.2 Å². The number of halogens is 3. The molecule has 2 aliphatic carbocycles. The molecule has 5 atom stereocenters. The van der Waals surface area contributed by atoms with Gasteiger partial charge in [-0.25, -0.2) is 9.37 Å². The average molecular weight is 800 g/mol. The minimum absolute atomic E-state index is 0.0931. The summed E-state index contributed by atoms with van der Waals surface area (Å²) in [6.45, 7) is 4.52. The van der Waals surface area contributed by atoms with Gasteiger partial charge >= 0.3 is 0 Å². The Morgan fingerprint density at radius 1 is 0.929 bits per heavy atom. The van der Waals surface area contributed by atoms with Crippen LogP contribution < -0.4 is 10.6 Å². The smallest absolute Gasteiger partial charge is 0.238 e. The summed E-state index contributed by atoms with van der Waals surface area (Å²) in [6, 6.07) is 22.9. The van der Waals surface area contributed by atoms with Crippen LogP contribution in [0.5, 0.6) is 0 Å². The molecule has 4 aromatic rings. The molecule has 8 rings (SSSR count). The Bertz CT molecular complexity index is 2100. The molecule has 294 valence electrons. The SMILES string of the molecule is CC1(C)CCC2(CC1)N([C@H](c1ccccc1)[C@@H](O)c1ccccc1Cl)[C@@H](C(=O)N[C@H]1CC[C@H](CO)CC1)[C@H](c1cccc(Cl)c1F)C21C(=O)Nc2ncccc21. The van der Waals surface area contributed by atoms with Crippen molar-refractivity contribution in [3.63, 3.8) is 0 Å². The van der Waals surface area contributed by atoms with Gasteiger partial charge in [-0.15, -0.1) is 0 Å². The van der Waals surface area contributed by atoms with Crippen LogP contribution in [0.25, 0.3) is 0 Å². The van der Waals surface area contributed by atoms with Crippen molar-refractivity contribution in [2.24, 2.45) is 11.3 Å². The van der Waals surface area contributed by atoms with E-state index >= 15 is 14.0 Å². The van der Waals surface area contributed by atoms with Crippen molar-refractivity contribution in [1.29, 1.82) is 0 Å². The zero-order valence-corrected chi connectivity index (χ0v) is 33.2. The first-order valence-corrected chi connectivity index (χ1v) is 20.6. The highest BCUT2D eigenvalue weighted by molar-refractivity contribution is 6.31. The Morgan fingerprint density at radius 3 is 2.30 bits per heavy atom. The van der Waals surface area contributed by atoms with Crippen LogP contribution >= 0.6 is 23.2 Å². The van der Waals surface area contributed by atoms with Gasteiger partial charge in [-0.3, -0.25) is 14.5 Å². The Labute approximate surface area is 337 Å². The van der Waals surface area contributed by atoms with Crippen molar-refractivity contribution in [3.05, 3.63) is 129 Å². The Morgan fingerprint density at radius 2 is 1.61 bits per heavy atom. The highest BCUT2D eigenvalue weighted by Crippen LogP contribution is 2.69. The minimum Gasteiger partial charge on any atom is -0.396 e. The van der Waals surface area contributed by atoms with Crippen LogP contribution in [0.3, 0.4) is 0 Å². The second-order valence-electron chi connectivity index (χ2n) is 17.1. The zero-order valence-electron chi connectivity index (χ0n) is 31.7. The van der Waals surface area contributed by atoms with E-state index in [1.54, 1.807) is 42.6 Å². The number of carbonyl (C=O) groups excluding carboxylic acids is 2. The van der Waals surface area contributed by atoms with Gasteiger partial charge in [0.2, 0.25) is 11.8 Å². The lowest BCUT2D eigenvalue weighted by molar-refractivity contribution is -0.137. The van der Waals surface area contributed by atoms with E-state index in [2.05, 4.69) is 34.4 Å². The Hall–Kier alpha value is -3.86. The molecule has 0 radical (unpaired) electrons. The molecule has 1 saturated heterocycles. The third-order valence-corrected chi connectivity index (χ3v) is 14.2. The van der Waals surface area contributed by atoms with Gasteiger partial charge in [0.05, 0.1) is 17.1 Å². The van der Waals surface area contributed by atoms with E-state index in [0.717, 1.165) is 18.4 Å². The number of aliphatic hydroxyl groups excluding tert-OH is 2. The molecule has 4 N–H and O–H groups in total. The van der Waals surface area contributed by atoms with Crippen molar-refractivity contribution in [2.45, 2.75) is 106 Å². The number of rotatable bonds is 8. The molecule has 3 heterocycles. The lowest BCUT2D eigenvalue weighted by Crippen LogP contribution is -2.64. The molecule has 56 heavy (non-hydrogen) atoms. The fourth-order valence-electron chi connectivity index (χ4n) is 10.8. The first-order chi connectivity index (χ1) is 26.9. The molecular weight excluding hydrogens is 750 g/mol. The number of pyridine rings is 1. The predicted octanol–water partition coefficient (Wildman–Crippen LogP) is 8.67. The lowest BCUT2D eigenvalue weighted by atomic mass is 9.53. The van der Waals surface area contributed by atoms with Crippen molar-refractivity contribution in [1.82, 2.24) is 15.2 Å². The van der Waals surface area contributed by atoms with Crippen LogP contribution in [-0.4, -0.2) is 56.1 Å². The second kappa shape index (κ2) is 15.1. The van der Waals surface area contributed by atoms with E-state index in [0.29, 0.717) is 60.5 Å². The van der Waals surface area contributed by atoms with Gasteiger partial charge in [0, 0.05) is 46.5 Å². The van der Waals surface area contributed by atoms with Gasteiger partial charge in [0.1, 0.15) is 23.2 Å². The number of benzene rings is 3. The highest BCUT2D eigenvalue weighted by Gasteiger charge is 2.77. The van der Waals surface area contributed by atoms with Gasteiger partial charge < -0.3 is 20.8 Å². The molecule has 8 nitrogen and oxygen atoms in total. The third-order valence-electron chi connectivity index (χ3n) is 13.6. The molecule has 3 fully saturated rings. The maximum absolute atomic E-state index is 17.1. The van der Waals surface area contributed by atoms with E-state index in [1.165, 1.54) is 6.07 Å². The van der Waals surface area contributed by atoms with Crippen LogP contribution in [0.1, 0.15) is 106 Å². The molecule has 3 aromatic carbocycles. The fourth-order valence-corrected chi connectivity index (χ4v) is 11.2. The summed E-state index contributed by atoms with van der Waals surface area (Å²) in [4.78, 5) is 38.0. The molecule has 2 amide bonds. The summed E-state index contributed by atoms with van der Waals surface area (Å²) in [6.07, 6.45) is 5.51. The summed E-state index contributed by atoms with van der Waals surface area (Å²) in [5.74, 6) is -1.98. The highest BCUT2D eigenvalue weighted by atomic mass is 35.5. The van der Waals surface area contributed by atoms with Crippen LogP contribution in [0.2, 0.25) is 10.0 Å². The molecular formula is C45H49Cl2FN4O4. The molecule has 0 bridgehead atoms. The number of nitrogens with one attached hydrogen (secondary N) is 2. The summed E-state index contributed by atoms with van der Waals surface area (Å²) < 4.78 is 17.1. The number of aliphatic hydroxyl groups is 2. The monoisotopic (exact) mass is 798 g/mol. The minimum atomic E-state index is -1.55. The summed E-state index contributed by atoms with van der Waals surface area (Å²) in [7, 11) is 0. The number of amides is 2. The van der Waals surface area contributed by atoms with Gasteiger partial charge in [0.15, 0.2) is 0 Å². The standard InChI is InChI=1S/C45H49Cl2FN4O4/c1-43(2)21-23-44(24-22-43)45(32-14-9-25-49-40(32)51-42(45)56)35(31-13-8-16-34(47)36(31)48)38(41(55)50-29-19-17-27(26-53)18-20-29)52(44)37(28-10-4-3-5-11-28)39(54)30-12-6-7-15-33(30)46/h3-16,25,27,29,35,37-39,53-54H,17-24,26H2,1-2H3,(H,50,55)(H,49,51,56)/t27-,29-,35-,37+,38+,39-,45?/m0/s1. The zero-order chi connectivity index (χ0) is 39.4. The number of anilines is 1. The van der Waals surface area contributed by atoms with Crippen molar-refractivity contribution in [2.75, 3.05) is 11.9 Å². The Balaban J connectivity index is 1.46. The number of aromatic nitrogens is 1. The second-order valence-corrected chi connectivity index (χ2v) is 17.9. The van der Waals surface area contributed by atoms with Crippen LogP contribution in [0.4, 0.5) is 10.2 Å². The topological polar surface area (TPSA) is 115 Å². The fraction of sp³-hybridized carbons (Fsp3) is 0.444. The number of carbonyl (C=O) groups is 2. The van der Waals surface area contributed by atoms with Gasteiger partial charge in [-0.05, 0) is 92.0 Å². The summed E-state index contributed by atoms with van der Waals surface area (Å²) in [5, 5.41) is 29.6. The third kappa shape index (κ3) is 6.25. The molecule has 11 heteroatoms. The molecule has 1 aromatic heterocycles. The van der Waals surface area contributed by atoms with Crippen LogP contribution in [0, 0.1) is 17.2 Å². The predicted molar refractivity (Wildman–Crippen MR) is 216 cm³/mol. The molecule has 2 saturated carbocycles. The quantitative estimate of drug-likeness (QED) is 0.142. The lowest BCUT2D eigenvalue weighted by Gasteiger charge is -2.56. The van der Waals surface area contributed by atoms with E-state index < -0.39 is 40.9 Å². The summed E-state index contributed by atoms with van der Waals surface area (Å²) >= 11 is 13.5. The Kier molecular flexibility index (Phi) is 10.5.